The van der Waals surface area contributed by atoms with Gasteiger partial charge in [0.05, 0.1) is 15.6 Å². The molecule has 0 bridgehead atoms. The minimum Gasteiger partial charge on any atom is -0.446 e. The molecule has 0 fully saturated rings. The van der Waals surface area contributed by atoms with E-state index in [0.29, 0.717) is 21.5 Å². The van der Waals surface area contributed by atoms with Crippen LogP contribution in [0.25, 0.3) is 0 Å². The van der Waals surface area contributed by atoms with Gasteiger partial charge in [0.1, 0.15) is 0 Å². The summed E-state index contributed by atoms with van der Waals surface area (Å²) in [6.07, 6.45) is -0.776. The SMILES string of the molecule is CC(=O)N1N=C(c2cccc(I)c2)O[C@@H]1c1c(Cl)cccc1Cl. The fourth-order valence-corrected chi connectivity index (χ4v) is 3.37. The summed E-state index contributed by atoms with van der Waals surface area (Å²) in [6, 6.07) is 12.8. The molecule has 0 saturated carbocycles. The molecular weight excluding hydrogens is 450 g/mol. The van der Waals surface area contributed by atoms with Crippen LogP contribution in [0.4, 0.5) is 0 Å². The van der Waals surface area contributed by atoms with Crippen molar-refractivity contribution in [2.24, 2.45) is 5.10 Å². The summed E-state index contributed by atoms with van der Waals surface area (Å²) >= 11 is 14.7. The van der Waals surface area contributed by atoms with E-state index in [-0.39, 0.29) is 5.91 Å². The molecule has 1 atom stereocenters. The molecule has 7 heteroatoms. The van der Waals surface area contributed by atoms with Gasteiger partial charge in [-0.3, -0.25) is 4.79 Å². The third-order valence-electron chi connectivity index (χ3n) is 3.28. The highest BCUT2D eigenvalue weighted by molar-refractivity contribution is 14.1. The van der Waals surface area contributed by atoms with Crippen LogP contribution in [0.15, 0.2) is 47.6 Å². The number of amides is 1. The average Bonchev–Trinajstić information content (AvgIpc) is 2.92. The highest BCUT2D eigenvalue weighted by Crippen LogP contribution is 2.38. The van der Waals surface area contributed by atoms with Crippen molar-refractivity contribution in [2.45, 2.75) is 13.2 Å². The molecule has 118 valence electrons. The number of carbonyl (C=O) groups is 1. The summed E-state index contributed by atoms with van der Waals surface area (Å²) in [4.78, 5) is 11.9. The van der Waals surface area contributed by atoms with Crippen LogP contribution in [0.5, 0.6) is 0 Å². The number of hydrogen-bond acceptors (Lipinski definition) is 3. The van der Waals surface area contributed by atoms with Crippen LogP contribution < -0.4 is 0 Å². The van der Waals surface area contributed by atoms with E-state index in [1.54, 1.807) is 18.2 Å². The Hall–Kier alpha value is -1.31. The first-order valence-corrected chi connectivity index (χ1v) is 8.56. The molecule has 0 radical (unpaired) electrons. The van der Waals surface area contributed by atoms with Gasteiger partial charge in [-0.05, 0) is 52.9 Å². The summed E-state index contributed by atoms with van der Waals surface area (Å²) in [7, 11) is 0. The maximum absolute atomic E-state index is 11.9. The number of carbonyl (C=O) groups excluding carboxylic acids is 1. The van der Waals surface area contributed by atoms with Gasteiger partial charge in [0.15, 0.2) is 0 Å². The molecule has 3 rings (SSSR count). The molecule has 0 aromatic heterocycles. The minimum absolute atomic E-state index is 0.258. The number of benzene rings is 2. The van der Waals surface area contributed by atoms with Gasteiger partial charge >= 0.3 is 0 Å². The lowest BCUT2D eigenvalue weighted by atomic mass is 10.2. The summed E-state index contributed by atoms with van der Waals surface area (Å²) in [5, 5.41) is 6.40. The van der Waals surface area contributed by atoms with Crippen LogP contribution in [0, 0.1) is 3.57 Å². The molecule has 4 nitrogen and oxygen atoms in total. The lowest BCUT2D eigenvalue weighted by Crippen LogP contribution is -2.25. The fourth-order valence-electron chi connectivity index (χ4n) is 2.24. The quantitative estimate of drug-likeness (QED) is 0.602. The van der Waals surface area contributed by atoms with Crippen LogP contribution in [0.1, 0.15) is 24.3 Å². The van der Waals surface area contributed by atoms with Crippen molar-refractivity contribution in [3.63, 3.8) is 0 Å². The Balaban J connectivity index is 2.03. The van der Waals surface area contributed by atoms with E-state index in [1.165, 1.54) is 11.9 Å². The van der Waals surface area contributed by atoms with E-state index in [2.05, 4.69) is 27.7 Å². The molecule has 0 unspecified atom stereocenters. The molecule has 0 aliphatic carbocycles. The number of rotatable bonds is 2. The zero-order valence-corrected chi connectivity index (χ0v) is 15.6. The maximum Gasteiger partial charge on any atom is 0.243 e. The van der Waals surface area contributed by atoms with Crippen LogP contribution in [-0.2, 0) is 9.53 Å². The summed E-state index contributed by atoms with van der Waals surface area (Å²) in [6.45, 7) is 1.42. The Kier molecular flexibility index (Phi) is 4.79. The third kappa shape index (κ3) is 3.32. The molecule has 2 aromatic rings. The van der Waals surface area contributed by atoms with Crippen molar-refractivity contribution < 1.29 is 9.53 Å². The van der Waals surface area contributed by atoms with Gasteiger partial charge in [-0.15, -0.1) is 5.10 Å². The Labute approximate surface area is 157 Å². The molecule has 0 N–H and O–H groups in total. The van der Waals surface area contributed by atoms with E-state index in [0.717, 1.165) is 9.13 Å². The highest BCUT2D eigenvalue weighted by Gasteiger charge is 2.35. The van der Waals surface area contributed by atoms with Crippen LogP contribution in [0.3, 0.4) is 0 Å². The Bertz CT molecular complexity index is 790. The molecule has 0 saturated heterocycles. The first-order valence-electron chi connectivity index (χ1n) is 6.72. The zero-order chi connectivity index (χ0) is 16.6. The van der Waals surface area contributed by atoms with Crippen LogP contribution >= 0.6 is 45.8 Å². The lowest BCUT2D eigenvalue weighted by molar-refractivity contribution is -0.135. The molecule has 2 aromatic carbocycles. The number of hydrogen-bond donors (Lipinski definition) is 0. The molecule has 23 heavy (non-hydrogen) atoms. The van der Waals surface area contributed by atoms with Gasteiger partial charge in [-0.2, -0.15) is 5.01 Å². The van der Waals surface area contributed by atoms with Crippen molar-refractivity contribution in [1.29, 1.82) is 0 Å². The number of hydrazone groups is 1. The van der Waals surface area contributed by atoms with E-state index >= 15 is 0 Å². The standard InChI is InChI=1S/C16H11Cl2IN2O2/c1-9(22)21-16(14-12(17)6-3-7-13(14)18)23-15(20-21)10-4-2-5-11(19)8-10/h2-8,16H,1H3/t16-/m1/s1. The Morgan fingerprint density at radius 3 is 2.48 bits per heavy atom. The van der Waals surface area contributed by atoms with Gasteiger partial charge in [0.25, 0.3) is 0 Å². The first kappa shape index (κ1) is 16.5. The largest absolute Gasteiger partial charge is 0.446 e. The third-order valence-corrected chi connectivity index (χ3v) is 4.61. The summed E-state index contributed by atoms with van der Waals surface area (Å²) < 4.78 is 6.95. The number of ether oxygens (including phenoxy) is 1. The van der Waals surface area contributed by atoms with Crippen LogP contribution in [0.2, 0.25) is 10.0 Å². The molecule has 1 aliphatic rings. The second kappa shape index (κ2) is 6.67. The fraction of sp³-hybridized carbons (Fsp3) is 0.125. The monoisotopic (exact) mass is 460 g/mol. The van der Waals surface area contributed by atoms with E-state index < -0.39 is 6.23 Å². The van der Waals surface area contributed by atoms with Crippen LogP contribution in [-0.4, -0.2) is 16.8 Å². The topological polar surface area (TPSA) is 41.9 Å². The van der Waals surface area contributed by atoms with Crippen molar-refractivity contribution in [3.8, 4) is 0 Å². The number of nitrogens with zero attached hydrogens (tertiary/aromatic N) is 2. The Morgan fingerprint density at radius 1 is 1.22 bits per heavy atom. The predicted octanol–water partition coefficient (Wildman–Crippen LogP) is 4.84. The molecular formula is C16H11Cl2IN2O2. The summed E-state index contributed by atoms with van der Waals surface area (Å²) in [5.74, 6) is 0.103. The molecule has 1 amide bonds. The Morgan fingerprint density at radius 2 is 1.87 bits per heavy atom. The second-order valence-corrected chi connectivity index (χ2v) is 6.94. The van der Waals surface area contributed by atoms with Gasteiger partial charge in [0.2, 0.25) is 18.0 Å². The first-order chi connectivity index (χ1) is 11.0. The van der Waals surface area contributed by atoms with E-state index in [1.807, 2.05) is 24.3 Å². The smallest absolute Gasteiger partial charge is 0.243 e. The molecule has 1 aliphatic heterocycles. The minimum atomic E-state index is -0.776. The zero-order valence-electron chi connectivity index (χ0n) is 12.0. The summed E-state index contributed by atoms with van der Waals surface area (Å²) in [5.41, 5.74) is 1.31. The maximum atomic E-state index is 11.9. The van der Waals surface area contributed by atoms with E-state index in [4.69, 9.17) is 27.9 Å². The van der Waals surface area contributed by atoms with Crippen molar-refractivity contribution >= 4 is 57.6 Å². The van der Waals surface area contributed by atoms with Crippen molar-refractivity contribution in [1.82, 2.24) is 5.01 Å². The molecule has 0 spiro atoms. The predicted molar refractivity (Wildman–Crippen MR) is 98.5 cm³/mol. The normalized spacial score (nSPS) is 17.0. The second-order valence-electron chi connectivity index (χ2n) is 4.88. The average molecular weight is 461 g/mol. The number of halogens is 3. The van der Waals surface area contributed by atoms with Gasteiger partial charge < -0.3 is 4.74 Å². The van der Waals surface area contributed by atoms with Gasteiger partial charge in [-0.25, -0.2) is 0 Å². The van der Waals surface area contributed by atoms with Crippen molar-refractivity contribution in [3.05, 3.63) is 67.2 Å². The van der Waals surface area contributed by atoms with E-state index in [9.17, 15) is 4.79 Å². The van der Waals surface area contributed by atoms with Crippen molar-refractivity contribution in [2.75, 3.05) is 0 Å². The van der Waals surface area contributed by atoms with Gasteiger partial charge in [0, 0.05) is 16.1 Å². The molecule has 1 heterocycles. The highest BCUT2D eigenvalue weighted by atomic mass is 127. The van der Waals surface area contributed by atoms with Gasteiger partial charge in [-0.1, -0.05) is 35.3 Å². The lowest BCUT2D eigenvalue weighted by Gasteiger charge is -2.21.